The molecule has 0 aromatic carbocycles. The number of carbonyl (C=O) groups excluding carboxylic acids is 2. The predicted molar refractivity (Wildman–Crippen MR) is 129 cm³/mol. The first-order valence-electron chi connectivity index (χ1n) is 12.4. The third-order valence-corrected chi connectivity index (χ3v) is 7.75. The van der Waals surface area contributed by atoms with Gasteiger partial charge in [-0.1, -0.05) is 55.3 Å². The normalized spacial score (nSPS) is 16.0. The molecular weight excluding hydrogens is 488 g/mol. The van der Waals surface area contributed by atoms with Gasteiger partial charge in [-0.2, -0.15) is 4.98 Å². The lowest BCUT2D eigenvalue weighted by atomic mass is 9.84. The standard InChI is InChI=1S/C24H36N4O7S/c1-15-20(16(2)34-26-15)36(31,32)28-22(30)21-25-23(35-27-21)18(14-19(29)33-24(3,4)5)13-9-12-17-10-7-6-8-11-17/h17-18H,6-14H2,1-5H3,(H,28,30)/t18-/m1/s1. The average Bonchev–Trinajstić information content (AvgIpc) is 3.39. The van der Waals surface area contributed by atoms with E-state index in [1.165, 1.54) is 46.0 Å². The fourth-order valence-electron chi connectivity index (χ4n) is 4.60. The van der Waals surface area contributed by atoms with Gasteiger partial charge in [-0.3, -0.25) is 9.59 Å². The molecule has 1 N–H and O–H groups in total. The molecule has 1 aliphatic carbocycles. The number of carbonyl (C=O) groups is 2. The molecule has 0 aliphatic heterocycles. The molecule has 1 fully saturated rings. The van der Waals surface area contributed by atoms with Crippen LogP contribution in [0.25, 0.3) is 0 Å². The molecule has 11 nitrogen and oxygen atoms in total. The number of esters is 1. The molecule has 1 amide bonds. The van der Waals surface area contributed by atoms with Crippen molar-refractivity contribution >= 4 is 21.9 Å². The number of amides is 1. The van der Waals surface area contributed by atoms with Gasteiger partial charge in [0.1, 0.15) is 11.3 Å². The number of aryl methyl sites for hydroxylation is 2. The van der Waals surface area contributed by atoms with Crippen molar-refractivity contribution in [3.05, 3.63) is 23.2 Å². The third-order valence-electron chi connectivity index (χ3n) is 6.18. The minimum Gasteiger partial charge on any atom is -0.460 e. The van der Waals surface area contributed by atoms with E-state index >= 15 is 0 Å². The van der Waals surface area contributed by atoms with E-state index in [0.717, 1.165) is 12.8 Å². The van der Waals surface area contributed by atoms with Crippen molar-refractivity contribution in [3.8, 4) is 0 Å². The maximum absolute atomic E-state index is 12.7. The smallest absolute Gasteiger partial charge is 0.307 e. The molecule has 12 heteroatoms. The van der Waals surface area contributed by atoms with Gasteiger partial charge in [-0.25, -0.2) is 13.1 Å². The zero-order chi connectivity index (χ0) is 26.5. The van der Waals surface area contributed by atoms with Gasteiger partial charge < -0.3 is 13.8 Å². The Morgan fingerprint density at radius 1 is 1.11 bits per heavy atom. The highest BCUT2D eigenvalue weighted by molar-refractivity contribution is 7.90. The van der Waals surface area contributed by atoms with E-state index in [0.29, 0.717) is 12.3 Å². The SMILES string of the molecule is Cc1noc(C)c1S(=O)(=O)NC(=O)c1noc([C@H](CCCC2CCCCC2)CC(=O)OC(C)(C)C)n1. The number of ether oxygens (including phenoxy) is 1. The van der Waals surface area contributed by atoms with Gasteiger partial charge in [0.15, 0.2) is 10.7 Å². The lowest BCUT2D eigenvalue weighted by molar-refractivity contribution is -0.155. The van der Waals surface area contributed by atoms with Crippen LogP contribution in [0, 0.1) is 19.8 Å². The first-order valence-corrected chi connectivity index (χ1v) is 13.9. The van der Waals surface area contributed by atoms with Gasteiger partial charge in [-0.15, -0.1) is 0 Å². The van der Waals surface area contributed by atoms with E-state index < -0.39 is 39.2 Å². The van der Waals surface area contributed by atoms with Crippen LogP contribution in [0.2, 0.25) is 0 Å². The quantitative estimate of drug-likeness (QED) is 0.443. The Morgan fingerprint density at radius 2 is 1.81 bits per heavy atom. The third kappa shape index (κ3) is 7.62. The van der Waals surface area contributed by atoms with E-state index in [1.54, 1.807) is 20.8 Å². The summed E-state index contributed by atoms with van der Waals surface area (Å²) in [6.45, 7) is 8.25. The Morgan fingerprint density at radius 3 is 2.42 bits per heavy atom. The Balaban J connectivity index is 1.71. The summed E-state index contributed by atoms with van der Waals surface area (Å²) >= 11 is 0. The molecule has 36 heavy (non-hydrogen) atoms. The second-order valence-electron chi connectivity index (χ2n) is 10.5. The molecule has 2 heterocycles. The van der Waals surface area contributed by atoms with Crippen LogP contribution in [0.1, 0.15) is 112 Å². The van der Waals surface area contributed by atoms with Crippen LogP contribution in [0.5, 0.6) is 0 Å². The summed E-state index contributed by atoms with van der Waals surface area (Å²) in [6, 6.07) is 0. The van der Waals surface area contributed by atoms with Crippen molar-refractivity contribution in [2.75, 3.05) is 0 Å². The molecule has 0 radical (unpaired) electrons. The van der Waals surface area contributed by atoms with E-state index in [-0.39, 0.29) is 28.7 Å². The maximum Gasteiger partial charge on any atom is 0.307 e. The molecule has 0 bridgehead atoms. The van der Waals surface area contributed by atoms with Crippen molar-refractivity contribution in [2.45, 2.75) is 109 Å². The number of sulfonamides is 1. The number of hydrogen-bond donors (Lipinski definition) is 1. The van der Waals surface area contributed by atoms with Crippen molar-refractivity contribution in [1.82, 2.24) is 20.0 Å². The zero-order valence-corrected chi connectivity index (χ0v) is 22.4. The number of hydrogen-bond acceptors (Lipinski definition) is 10. The van der Waals surface area contributed by atoms with Crippen LogP contribution in [-0.4, -0.2) is 41.2 Å². The van der Waals surface area contributed by atoms with Crippen LogP contribution in [0.3, 0.4) is 0 Å². The van der Waals surface area contributed by atoms with Crippen LogP contribution < -0.4 is 4.72 Å². The lowest BCUT2D eigenvalue weighted by Crippen LogP contribution is -2.32. The van der Waals surface area contributed by atoms with E-state index in [1.807, 2.05) is 4.72 Å². The largest absolute Gasteiger partial charge is 0.460 e. The van der Waals surface area contributed by atoms with Crippen LogP contribution in [0.15, 0.2) is 13.9 Å². The fraction of sp³-hybridized carbons (Fsp3) is 0.708. The number of nitrogens with zero attached hydrogens (tertiary/aromatic N) is 3. The maximum atomic E-state index is 12.7. The molecule has 1 atom stereocenters. The van der Waals surface area contributed by atoms with Gasteiger partial charge in [-0.05, 0) is 47.0 Å². The van der Waals surface area contributed by atoms with Gasteiger partial charge in [0, 0.05) is 5.92 Å². The summed E-state index contributed by atoms with van der Waals surface area (Å²) in [6.07, 6.45) is 8.78. The van der Waals surface area contributed by atoms with E-state index in [2.05, 4.69) is 15.3 Å². The highest BCUT2D eigenvalue weighted by Crippen LogP contribution is 2.31. The summed E-state index contributed by atoms with van der Waals surface area (Å²) < 4.78 is 42.9. The molecule has 3 rings (SSSR count). The Kier molecular flexibility index (Phi) is 8.91. The minimum atomic E-state index is -4.25. The summed E-state index contributed by atoms with van der Waals surface area (Å²) in [7, 11) is -4.25. The molecule has 1 aliphatic rings. The average molecular weight is 525 g/mol. The monoisotopic (exact) mass is 524 g/mol. The molecule has 0 unspecified atom stereocenters. The summed E-state index contributed by atoms with van der Waals surface area (Å²) in [5.41, 5.74) is -0.520. The second-order valence-corrected chi connectivity index (χ2v) is 12.1. The number of rotatable bonds is 10. The van der Waals surface area contributed by atoms with Crippen molar-refractivity contribution in [1.29, 1.82) is 0 Å². The van der Waals surface area contributed by atoms with Crippen molar-refractivity contribution < 1.29 is 31.8 Å². The Hall–Kier alpha value is -2.76. The number of aromatic nitrogens is 3. The topological polar surface area (TPSA) is 154 Å². The Bertz CT molecular complexity index is 1140. The highest BCUT2D eigenvalue weighted by atomic mass is 32.2. The lowest BCUT2D eigenvalue weighted by Gasteiger charge is -2.23. The second kappa shape index (κ2) is 11.5. The van der Waals surface area contributed by atoms with Crippen LogP contribution in [0.4, 0.5) is 0 Å². The number of nitrogens with one attached hydrogen (secondary N) is 1. The van der Waals surface area contributed by atoms with Gasteiger partial charge in [0.2, 0.25) is 5.89 Å². The van der Waals surface area contributed by atoms with Gasteiger partial charge in [0.25, 0.3) is 15.8 Å². The van der Waals surface area contributed by atoms with Crippen LogP contribution >= 0.6 is 0 Å². The first kappa shape index (κ1) is 27.8. The molecule has 0 saturated heterocycles. The van der Waals surface area contributed by atoms with Gasteiger partial charge >= 0.3 is 11.9 Å². The molecule has 0 spiro atoms. The predicted octanol–water partition coefficient (Wildman–Crippen LogP) is 4.36. The summed E-state index contributed by atoms with van der Waals surface area (Å²) in [5, 5.41) is 7.28. The Labute approximate surface area is 211 Å². The summed E-state index contributed by atoms with van der Waals surface area (Å²) in [5.74, 6) is -1.52. The van der Waals surface area contributed by atoms with E-state index in [4.69, 9.17) is 13.8 Å². The molecular formula is C24H36N4O7S. The highest BCUT2D eigenvalue weighted by Gasteiger charge is 2.31. The summed E-state index contributed by atoms with van der Waals surface area (Å²) in [4.78, 5) is 29.1. The molecule has 2 aromatic rings. The first-order chi connectivity index (χ1) is 16.9. The van der Waals surface area contributed by atoms with E-state index in [9.17, 15) is 18.0 Å². The zero-order valence-electron chi connectivity index (χ0n) is 21.6. The molecule has 2 aromatic heterocycles. The van der Waals surface area contributed by atoms with Crippen molar-refractivity contribution in [3.63, 3.8) is 0 Å². The van der Waals surface area contributed by atoms with Crippen LogP contribution in [-0.2, 0) is 19.6 Å². The van der Waals surface area contributed by atoms with Gasteiger partial charge in [0.05, 0.1) is 6.42 Å². The fourth-order valence-corrected chi connectivity index (χ4v) is 5.88. The van der Waals surface area contributed by atoms with Crippen molar-refractivity contribution in [2.24, 2.45) is 5.92 Å². The minimum absolute atomic E-state index is 0.0164. The molecule has 1 saturated carbocycles. The molecule has 200 valence electrons.